The van der Waals surface area contributed by atoms with Gasteiger partial charge in [-0.15, -0.1) is 0 Å². The van der Waals surface area contributed by atoms with E-state index in [2.05, 4.69) is 38.1 Å². The van der Waals surface area contributed by atoms with Gasteiger partial charge in [-0.3, -0.25) is 4.79 Å². The lowest BCUT2D eigenvalue weighted by molar-refractivity contribution is -0.116. The van der Waals surface area contributed by atoms with Crippen LogP contribution in [0.4, 0.5) is 4.39 Å². The Labute approximate surface area is 145 Å². The molecule has 0 aliphatic carbocycles. The van der Waals surface area contributed by atoms with Crippen LogP contribution in [0.25, 0.3) is 6.08 Å². The van der Waals surface area contributed by atoms with E-state index in [1.54, 1.807) is 12.1 Å². The van der Waals surface area contributed by atoms with Crippen molar-refractivity contribution < 1.29 is 9.18 Å². The fraction of sp³-hybridized carbons (Fsp3) is 0.471. The summed E-state index contributed by atoms with van der Waals surface area (Å²) in [5, 5.41) is 2.84. The van der Waals surface area contributed by atoms with E-state index in [9.17, 15) is 9.18 Å². The largest absolute Gasteiger partial charge is 0.353 e. The lowest BCUT2D eigenvalue weighted by Crippen LogP contribution is -2.45. The SMILES string of the molecule is CN1CCN(CCCNC(=O)/C=C/c2cc(Br)ccc2F)CC1. The molecule has 0 radical (unpaired) electrons. The molecule has 1 N–H and O–H groups in total. The summed E-state index contributed by atoms with van der Waals surface area (Å²) in [6, 6.07) is 4.65. The van der Waals surface area contributed by atoms with Crippen molar-refractivity contribution in [2.75, 3.05) is 46.3 Å². The summed E-state index contributed by atoms with van der Waals surface area (Å²) in [5.74, 6) is -0.532. The maximum absolute atomic E-state index is 13.5. The van der Waals surface area contributed by atoms with Crippen LogP contribution in [-0.2, 0) is 4.79 Å². The van der Waals surface area contributed by atoms with Gasteiger partial charge in [0.15, 0.2) is 0 Å². The molecule has 1 amide bonds. The number of piperazine rings is 1. The fourth-order valence-corrected chi connectivity index (χ4v) is 2.83. The highest BCUT2D eigenvalue weighted by atomic mass is 79.9. The van der Waals surface area contributed by atoms with Gasteiger partial charge in [0.25, 0.3) is 0 Å². The molecule has 1 aromatic carbocycles. The Bertz CT molecular complexity index is 557. The molecular formula is C17H23BrFN3O. The molecule has 6 heteroatoms. The molecule has 2 rings (SSSR count). The molecule has 0 atom stereocenters. The zero-order chi connectivity index (χ0) is 16.7. The molecule has 0 bridgehead atoms. The number of halogens is 2. The minimum Gasteiger partial charge on any atom is -0.353 e. The summed E-state index contributed by atoms with van der Waals surface area (Å²) in [6.45, 7) is 6.02. The van der Waals surface area contributed by atoms with Crippen molar-refractivity contribution in [3.05, 3.63) is 40.1 Å². The van der Waals surface area contributed by atoms with Crippen molar-refractivity contribution in [3.8, 4) is 0 Å². The molecule has 1 aliphatic rings. The van der Waals surface area contributed by atoms with Gasteiger partial charge in [0.05, 0.1) is 0 Å². The second-order valence-electron chi connectivity index (χ2n) is 5.79. The van der Waals surface area contributed by atoms with Crippen LogP contribution in [0.2, 0.25) is 0 Å². The van der Waals surface area contributed by atoms with Crippen molar-refractivity contribution in [1.82, 2.24) is 15.1 Å². The van der Waals surface area contributed by atoms with Gasteiger partial charge in [-0.2, -0.15) is 0 Å². The number of carbonyl (C=O) groups is 1. The Hall–Kier alpha value is -1.24. The molecule has 1 heterocycles. The van der Waals surface area contributed by atoms with E-state index >= 15 is 0 Å². The summed E-state index contributed by atoms with van der Waals surface area (Å²) in [5.41, 5.74) is 0.395. The predicted octanol–water partition coefficient (Wildman–Crippen LogP) is 2.36. The molecule has 23 heavy (non-hydrogen) atoms. The summed E-state index contributed by atoms with van der Waals surface area (Å²) in [6.07, 6.45) is 3.80. The zero-order valence-corrected chi connectivity index (χ0v) is 15.0. The molecule has 1 aliphatic heterocycles. The van der Waals surface area contributed by atoms with Crippen molar-refractivity contribution in [2.45, 2.75) is 6.42 Å². The van der Waals surface area contributed by atoms with Crippen molar-refractivity contribution in [2.24, 2.45) is 0 Å². The van der Waals surface area contributed by atoms with Crippen LogP contribution in [0.5, 0.6) is 0 Å². The van der Waals surface area contributed by atoms with Crippen LogP contribution in [0.3, 0.4) is 0 Å². The molecule has 4 nitrogen and oxygen atoms in total. The van der Waals surface area contributed by atoms with Crippen molar-refractivity contribution >= 4 is 27.9 Å². The second kappa shape index (κ2) is 9.15. The van der Waals surface area contributed by atoms with Gasteiger partial charge in [-0.25, -0.2) is 4.39 Å². The van der Waals surface area contributed by atoms with Gasteiger partial charge in [0, 0.05) is 48.8 Å². The molecule has 0 aromatic heterocycles. The normalized spacial score (nSPS) is 16.8. The maximum atomic E-state index is 13.5. The van der Waals surface area contributed by atoms with Gasteiger partial charge in [0.2, 0.25) is 5.91 Å². The number of hydrogen-bond acceptors (Lipinski definition) is 3. The van der Waals surface area contributed by atoms with Gasteiger partial charge in [-0.1, -0.05) is 15.9 Å². The lowest BCUT2D eigenvalue weighted by atomic mass is 10.2. The minimum absolute atomic E-state index is 0.192. The highest BCUT2D eigenvalue weighted by Crippen LogP contribution is 2.16. The Balaban J connectivity index is 1.67. The quantitative estimate of drug-likeness (QED) is 0.604. The number of amides is 1. The third-order valence-electron chi connectivity index (χ3n) is 3.92. The van der Waals surface area contributed by atoms with E-state index in [1.807, 2.05) is 0 Å². The molecule has 126 valence electrons. The highest BCUT2D eigenvalue weighted by molar-refractivity contribution is 9.10. The van der Waals surface area contributed by atoms with Gasteiger partial charge in [0.1, 0.15) is 5.82 Å². The van der Waals surface area contributed by atoms with E-state index in [4.69, 9.17) is 0 Å². The zero-order valence-electron chi connectivity index (χ0n) is 13.4. The number of nitrogens with zero attached hydrogens (tertiary/aromatic N) is 2. The van der Waals surface area contributed by atoms with E-state index in [1.165, 1.54) is 18.2 Å². The predicted molar refractivity (Wildman–Crippen MR) is 94.7 cm³/mol. The minimum atomic E-state index is -0.340. The average molecular weight is 384 g/mol. The van der Waals surface area contributed by atoms with Crippen molar-refractivity contribution in [1.29, 1.82) is 0 Å². The van der Waals surface area contributed by atoms with E-state index in [0.717, 1.165) is 43.6 Å². The summed E-state index contributed by atoms with van der Waals surface area (Å²) in [4.78, 5) is 16.5. The number of carbonyl (C=O) groups excluding carboxylic acids is 1. The van der Waals surface area contributed by atoms with Gasteiger partial charge in [-0.05, 0) is 44.3 Å². The first-order chi connectivity index (χ1) is 11.0. The van der Waals surface area contributed by atoms with Crippen LogP contribution >= 0.6 is 15.9 Å². The summed E-state index contributed by atoms with van der Waals surface area (Å²) in [7, 11) is 2.14. The van der Waals surface area contributed by atoms with E-state index in [0.29, 0.717) is 12.1 Å². The second-order valence-corrected chi connectivity index (χ2v) is 6.70. The summed E-state index contributed by atoms with van der Waals surface area (Å²) >= 11 is 3.29. The monoisotopic (exact) mass is 383 g/mol. The van der Waals surface area contributed by atoms with E-state index < -0.39 is 0 Å². The Kier molecular flexibility index (Phi) is 7.20. The van der Waals surface area contributed by atoms with Crippen LogP contribution in [0.1, 0.15) is 12.0 Å². The molecule has 0 unspecified atom stereocenters. The highest BCUT2D eigenvalue weighted by Gasteiger charge is 2.12. The smallest absolute Gasteiger partial charge is 0.244 e. The van der Waals surface area contributed by atoms with Crippen LogP contribution < -0.4 is 5.32 Å². The standard InChI is InChI=1S/C17H23BrFN3O/c1-21-9-11-22(12-10-21)8-2-7-20-17(23)6-3-14-13-15(18)4-5-16(14)19/h3-6,13H,2,7-12H2,1H3,(H,20,23)/b6-3+. The third kappa shape index (κ3) is 6.41. The van der Waals surface area contributed by atoms with Gasteiger partial charge >= 0.3 is 0 Å². The first kappa shape index (κ1) is 18.1. The topological polar surface area (TPSA) is 35.6 Å². The van der Waals surface area contributed by atoms with Crippen molar-refractivity contribution in [3.63, 3.8) is 0 Å². The first-order valence-corrected chi connectivity index (χ1v) is 8.66. The number of hydrogen-bond donors (Lipinski definition) is 1. The third-order valence-corrected chi connectivity index (χ3v) is 4.41. The number of rotatable bonds is 6. The molecule has 1 aromatic rings. The average Bonchev–Trinajstić information content (AvgIpc) is 2.54. The van der Waals surface area contributed by atoms with Gasteiger partial charge < -0.3 is 15.1 Å². The first-order valence-electron chi connectivity index (χ1n) is 7.86. The number of likely N-dealkylation sites (N-methyl/N-ethyl adjacent to an activating group) is 1. The Morgan fingerprint density at radius 1 is 1.35 bits per heavy atom. The maximum Gasteiger partial charge on any atom is 0.244 e. The molecule has 0 spiro atoms. The van der Waals surface area contributed by atoms with Crippen LogP contribution in [0.15, 0.2) is 28.7 Å². The summed E-state index contributed by atoms with van der Waals surface area (Å²) < 4.78 is 14.3. The molecule has 1 saturated heterocycles. The molecular weight excluding hydrogens is 361 g/mol. The van der Waals surface area contributed by atoms with Crippen LogP contribution in [-0.4, -0.2) is 62.0 Å². The Morgan fingerprint density at radius 2 is 2.09 bits per heavy atom. The fourth-order valence-electron chi connectivity index (χ4n) is 2.45. The number of benzene rings is 1. The molecule has 1 fully saturated rings. The molecule has 0 saturated carbocycles. The Morgan fingerprint density at radius 3 is 2.83 bits per heavy atom. The van der Waals surface area contributed by atoms with E-state index in [-0.39, 0.29) is 11.7 Å². The van der Waals surface area contributed by atoms with Crippen LogP contribution in [0, 0.1) is 5.82 Å². The lowest BCUT2D eigenvalue weighted by Gasteiger charge is -2.32. The number of nitrogens with one attached hydrogen (secondary N) is 1.